The lowest BCUT2D eigenvalue weighted by Gasteiger charge is -2.26. The number of nitrogens with zero attached hydrogens (tertiary/aromatic N) is 2. The van der Waals surface area contributed by atoms with Crippen LogP contribution in [0.25, 0.3) is 5.76 Å². The molecule has 1 aromatic heterocycles. The lowest BCUT2D eigenvalue weighted by Crippen LogP contribution is -2.29. The van der Waals surface area contributed by atoms with Crippen LogP contribution < -0.4 is 4.74 Å². The van der Waals surface area contributed by atoms with Crippen LogP contribution in [-0.2, 0) is 21.5 Å². The topological polar surface area (TPSA) is 79.7 Å². The van der Waals surface area contributed by atoms with Crippen molar-refractivity contribution in [3.05, 3.63) is 113 Å². The van der Waals surface area contributed by atoms with Crippen molar-refractivity contribution in [3.63, 3.8) is 0 Å². The van der Waals surface area contributed by atoms with Crippen molar-refractivity contribution in [2.24, 2.45) is 0 Å². The number of amides is 1. The van der Waals surface area contributed by atoms with Crippen molar-refractivity contribution in [2.45, 2.75) is 45.7 Å². The molecule has 3 aromatic rings. The van der Waals surface area contributed by atoms with Gasteiger partial charge in [0.1, 0.15) is 18.1 Å². The summed E-state index contributed by atoms with van der Waals surface area (Å²) in [7, 11) is 0. The molecule has 2 heterocycles. The summed E-state index contributed by atoms with van der Waals surface area (Å²) in [6.07, 6.45) is 4.98. The van der Waals surface area contributed by atoms with Gasteiger partial charge in [-0.3, -0.25) is 14.6 Å². The Bertz CT molecular complexity index is 1350. The standard InChI is InChI=1S/C31H32N2O4/c1-6-16-37-24-13-14-25(20(2)17-24)28(34)26-27(22-9-11-23(12-10-22)31(3,4)5)33(30(36)29(26)35)19-21-8-7-15-32-18-21/h6-15,17-18,27,34H,1,16,19H2,2-5H3/b28-26-. The number of Topliss-reactive ketones (excluding diaryl/α,β-unsaturated/α-hetero) is 1. The number of aryl methyl sites for hydroxylation is 1. The van der Waals surface area contributed by atoms with Gasteiger partial charge in [0, 0.05) is 24.5 Å². The number of hydrogen-bond donors (Lipinski definition) is 1. The first-order chi connectivity index (χ1) is 17.6. The van der Waals surface area contributed by atoms with Gasteiger partial charge in [-0.15, -0.1) is 0 Å². The van der Waals surface area contributed by atoms with Crippen LogP contribution in [0.15, 0.2) is 85.2 Å². The van der Waals surface area contributed by atoms with Crippen LogP contribution >= 0.6 is 0 Å². The van der Waals surface area contributed by atoms with Gasteiger partial charge in [0.25, 0.3) is 11.7 Å². The van der Waals surface area contributed by atoms with Crippen molar-refractivity contribution in [1.29, 1.82) is 0 Å². The predicted molar refractivity (Wildman–Crippen MR) is 144 cm³/mol. The number of pyridine rings is 1. The summed E-state index contributed by atoms with van der Waals surface area (Å²) in [6.45, 7) is 12.4. The minimum Gasteiger partial charge on any atom is -0.507 e. The summed E-state index contributed by atoms with van der Waals surface area (Å²) in [5.41, 5.74) is 3.89. The molecule has 37 heavy (non-hydrogen) atoms. The van der Waals surface area contributed by atoms with Gasteiger partial charge in [-0.1, -0.05) is 63.8 Å². The zero-order chi connectivity index (χ0) is 26.7. The molecule has 190 valence electrons. The van der Waals surface area contributed by atoms with E-state index in [1.165, 1.54) is 4.90 Å². The zero-order valence-corrected chi connectivity index (χ0v) is 21.7. The molecular weight excluding hydrogens is 464 g/mol. The van der Waals surface area contributed by atoms with E-state index in [-0.39, 0.29) is 23.3 Å². The fourth-order valence-corrected chi connectivity index (χ4v) is 4.54. The largest absolute Gasteiger partial charge is 0.507 e. The van der Waals surface area contributed by atoms with Gasteiger partial charge in [0.05, 0.1) is 11.6 Å². The maximum atomic E-state index is 13.4. The predicted octanol–water partition coefficient (Wildman–Crippen LogP) is 5.87. The molecule has 1 saturated heterocycles. The minimum atomic E-state index is -0.745. The lowest BCUT2D eigenvalue weighted by atomic mass is 9.85. The third kappa shape index (κ3) is 5.33. The molecule has 1 N–H and O–H groups in total. The average molecular weight is 497 g/mol. The van der Waals surface area contributed by atoms with Crippen LogP contribution in [0.5, 0.6) is 5.75 Å². The lowest BCUT2D eigenvalue weighted by molar-refractivity contribution is -0.140. The molecule has 1 aliphatic heterocycles. The Morgan fingerprint density at radius 3 is 2.46 bits per heavy atom. The fourth-order valence-electron chi connectivity index (χ4n) is 4.54. The Kier molecular flexibility index (Phi) is 7.30. The van der Waals surface area contributed by atoms with E-state index in [0.717, 1.165) is 22.3 Å². The molecule has 1 fully saturated rings. The number of carbonyl (C=O) groups is 2. The van der Waals surface area contributed by atoms with Gasteiger partial charge in [-0.25, -0.2) is 0 Å². The molecule has 4 rings (SSSR count). The Hall–Kier alpha value is -4.19. The number of ether oxygens (including phenoxy) is 1. The molecule has 1 atom stereocenters. The Labute approximate surface area is 217 Å². The number of hydrogen-bond acceptors (Lipinski definition) is 5. The van der Waals surface area contributed by atoms with Gasteiger partial charge in [0.15, 0.2) is 0 Å². The van der Waals surface area contributed by atoms with Crippen LogP contribution in [0.2, 0.25) is 0 Å². The van der Waals surface area contributed by atoms with E-state index in [1.807, 2.05) is 37.3 Å². The maximum Gasteiger partial charge on any atom is 0.295 e. The first kappa shape index (κ1) is 25.9. The highest BCUT2D eigenvalue weighted by atomic mass is 16.5. The third-order valence-corrected chi connectivity index (χ3v) is 6.53. The van der Waals surface area contributed by atoms with Crippen LogP contribution in [0.3, 0.4) is 0 Å². The van der Waals surface area contributed by atoms with Gasteiger partial charge < -0.3 is 14.7 Å². The first-order valence-corrected chi connectivity index (χ1v) is 12.2. The second-order valence-electron chi connectivity index (χ2n) is 10.2. The molecule has 0 aliphatic carbocycles. The third-order valence-electron chi connectivity index (χ3n) is 6.53. The summed E-state index contributed by atoms with van der Waals surface area (Å²) in [5.74, 6) is -0.943. The highest BCUT2D eigenvalue weighted by molar-refractivity contribution is 6.46. The number of ketones is 1. The summed E-state index contributed by atoms with van der Waals surface area (Å²) >= 11 is 0. The molecule has 2 aromatic carbocycles. The molecule has 0 saturated carbocycles. The van der Waals surface area contributed by atoms with Gasteiger partial charge >= 0.3 is 0 Å². The maximum absolute atomic E-state index is 13.4. The number of likely N-dealkylation sites (tertiary alicyclic amines) is 1. The van der Waals surface area contributed by atoms with E-state index < -0.39 is 17.7 Å². The quantitative estimate of drug-likeness (QED) is 0.191. The summed E-state index contributed by atoms with van der Waals surface area (Å²) in [6, 6.07) is 16.0. The molecule has 0 bridgehead atoms. The van der Waals surface area contributed by atoms with E-state index in [4.69, 9.17) is 4.74 Å². The summed E-state index contributed by atoms with van der Waals surface area (Å²) in [4.78, 5) is 32.3. The van der Waals surface area contributed by atoms with Crippen molar-refractivity contribution >= 4 is 17.4 Å². The fraction of sp³-hybridized carbons (Fsp3) is 0.258. The van der Waals surface area contributed by atoms with E-state index in [9.17, 15) is 14.7 Å². The monoisotopic (exact) mass is 496 g/mol. The van der Waals surface area contributed by atoms with Crippen molar-refractivity contribution in [3.8, 4) is 5.75 Å². The van der Waals surface area contributed by atoms with Crippen molar-refractivity contribution in [1.82, 2.24) is 9.88 Å². The number of aliphatic hydroxyl groups is 1. The Balaban J connectivity index is 1.83. The minimum absolute atomic E-state index is 0.0530. The number of benzene rings is 2. The molecule has 1 aliphatic rings. The van der Waals surface area contributed by atoms with Crippen LogP contribution in [-0.4, -0.2) is 33.3 Å². The number of carbonyl (C=O) groups excluding carboxylic acids is 2. The SMILES string of the molecule is C=CCOc1ccc(/C(O)=C2/C(=O)C(=O)N(Cc3cccnc3)C2c2ccc(C(C)(C)C)cc2)c(C)c1. The second-order valence-corrected chi connectivity index (χ2v) is 10.2. The number of rotatable bonds is 7. The van der Waals surface area contributed by atoms with E-state index in [0.29, 0.717) is 17.9 Å². The van der Waals surface area contributed by atoms with Crippen LogP contribution in [0.1, 0.15) is 54.6 Å². The van der Waals surface area contributed by atoms with E-state index >= 15 is 0 Å². The summed E-state index contributed by atoms with van der Waals surface area (Å²) in [5, 5.41) is 11.5. The first-order valence-electron chi connectivity index (χ1n) is 12.2. The highest BCUT2D eigenvalue weighted by Crippen LogP contribution is 2.41. The van der Waals surface area contributed by atoms with E-state index in [1.54, 1.807) is 42.7 Å². The summed E-state index contributed by atoms with van der Waals surface area (Å²) < 4.78 is 5.60. The Morgan fingerprint density at radius 2 is 1.86 bits per heavy atom. The smallest absolute Gasteiger partial charge is 0.295 e. The van der Waals surface area contributed by atoms with Crippen molar-refractivity contribution < 1.29 is 19.4 Å². The number of aliphatic hydroxyl groups excluding tert-OH is 1. The molecule has 0 spiro atoms. The average Bonchev–Trinajstić information content (AvgIpc) is 3.12. The van der Waals surface area contributed by atoms with Gasteiger partial charge in [-0.05, 0) is 58.9 Å². The molecule has 6 heteroatoms. The van der Waals surface area contributed by atoms with Gasteiger partial charge in [-0.2, -0.15) is 0 Å². The molecule has 1 unspecified atom stereocenters. The molecule has 0 radical (unpaired) electrons. The van der Waals surface area contributed by atoms with E-state index in [2.05, 4.69) is 32.3 Å². The van der Waals surface area contributed by atoms with Gasteiger partial charge in [0.2, 0.25) is 0 Å². The highest BCUT2D eigenvalue weighted by Gasteiger charge is 2.46. The molecule has 6 nitrogen and oxygen atoms in total. The Morgan fingerprint density at radius 1 is 1.14 bits per heavy atom. The zero-order valence-electron chi connectivity index (χ0n) is 21.7. The number of aromatic nitrogens is 1. The second kappa shape index (κ2) is 10.4. The molecular formula is C31H32N2O4. The van der Waals surface area contributed by atoms with Crippen LogP contribution in [0, 0.1) is 6.92 Å². The normalized spacial score (nSPS) is 17.2. The van der Waals surface area contributed by atoms with Crippen molar-refractivity contribution in [2.75, 3.05) is 6.61 Å². The van der Waals surface area contributed by atoms with Crippen LogP contribution in [0.4, 0.5) is 0 Å². The molecule has 1 amide bonds.